The second-order valence-electron chi connectivity index (χ2n) is 6.56. The first-order valence-electron chi connectivity index (χ1n) is 8.67. The van der Waals surface area contributed by atoms with Crippen molar-refractivity contribution in [1.82, 2.24) is 0 Å². The van der Waals surface area contributed by atoms with Gasteiger partial charge in [0.05, 0.1) is 6.26 Å². The maximum Gasteiger partial charge on any atom is 0.336 e. The van der Waals surface area contributed by atoms with Gasteiger partial charge in [0.2, 0.25) is 5.75 Å². The minimum absolute atomic E-state index is 0.289. The van der Waals surface area contributed by atoms with Gasteiger partial charge in [-0.05, 0) is 56.5 Å². The molecule has 3 aromatic rings. The van der Waals surface area contributed by atoms with Gasteiger partial charge in [-0.1, -0.05) is 12.2 Å². The quantitative estimate of drug-likeness (QED) is 0.258. The van der Waals surface area contributed by atoms with Gasteiger partial charge in [0.25, 0.3) is 0 Å². The van der Waals surface area contributed by atoms with Gasteiger partial charge in [-0.15, -0.1) is 0 Å². The van der Waals surface area contributed by atoms with Crippen LogP contribution in [0, 0.1) is 0 Å². The number of ether oxygens (including phenoxy) is 1. The first-order chi connectivity index (χ1) is 13.0. The van der Waals surface area contributed by atoms with Crippen LogP contribution in [0.25, 0.3) is 21.9 Å². The van der Waals surface area contributed by atoms with Crippen molar-refractivity contribution >= 4 is 21.9 Å². The third-order valence-corrected chi connectivity index (χ3v) is 4.42. The lowest BCUT2D eigenvalue weighted by atomic mass is 10.0. The summed E-state index contributed by atoms with van der Waals surface area (Å²) in [5, 5.41) is 10.5. The van der Waals surface area contributed by atoms with Gasteiger partial charge in [-0.2, -0.15) is 0 Å². The van der Waals surface area contributed by atoms with Crippen LogP contribution in [-0.4, -0.2) is 18.0 Å². The molecule has 0 bridgehead atoms. The Morgan fingerprint density at radius 3 is 2.78 bits per heavy atom. The minimum atomic E-state index is -0.445. The molecule has 0 aliphatic heterocycles. The van der Waals surface area contributed by atoms with E-state index in [-0.39, 0.29) is 12.7 Å². The Labute approximate surface area is 156 Å². The normalized spacial score (nSPS) is 13.2. The number of fused-ring (bicyclic) bond motifs is 2. The Morgan fingerprint density at radius 1 is 1.26 bits per heavy atom. The predicted octanol–water partition coefficient (Wildman–Crippen LogP) is 5.08. The lowest BCUT2D eigenvalue weighted by Gasteiger charge is -2.13. The highest BCUT2D eigenvalue weighted by atomic mass is 17.1. The third-order valence-electron chi connectivity index (χ3n) is 4.42. The van der Waals surface area contributed by atoms with Gasteiger partial charge in [0.15, 0.2) is 11.2 Å². The molecule has 6 nitrogen and oxygen atoms in total. The van der Waals surface area contributed by atoms with Crippen molar-refractivity contribution in [2.24, 2.45) is 0 Å². The molecule has 0 spiro atoms. The Bertz CT molecular complexity index is 1040. The van der Waals surface area contributed by atoms with Crippen molar-refractivity contribution in [2.75, 3.05) is 6.61 Å². The van der Waals surface area contributed by atoms with Crippen LogP contribution in [-0.2, 0) is 4.89 Å². The fraction of sp³-hybridized carbons (Fsp3) is 0.286. The van der Waals surface area contributed by atoms with E-state index in [0.717, 1.165) is 28.3 Å². The number of rotatable bonds is 8. The van der Waals surface area contributed by atoms with Crippen LogP contribution in [0.15, 0.2) is 68.0 Å². The molecule has 27 heavy (non-hydrogen) atoms. The van der Waals surface area contributed by atoms with Gasteiger partial charge in [0.1, 0.15) is 12.7 Å². The first kappa shape index (κ1) is 18.9. The summed E-state index contributed by atoms with van der Waals surface area (Å²) >= 11 is 0. The summed E-state index contributed by atoms with van der Waals surface area (Å²) < 4.78 is 16.7. The van der Waals surface area contributed by atoms with Crippen LogP contribution in [0.4, 0.5) is 0 Å². The van der Waals surface area contributed by atoms with Gasteiger partial charge < -0.3 is 13.6 Å². The Kier molecular flexibility index (Phi) is 5.78. The molecule has 2 heterocycles. The van der Waals surface area contributed by atoms with Crippen molar-refractivity contribution in [3.05, 3.63) is 64.7 Å². The Balaban J connectivity index is 1.77. The van der Waals surface area contributed by atoms with Crippen LogP contribution in [0.1, 0.15) is 26.7 Å². The Hall–Kier alpha value is -2.83. The molecule has 1 N–H and O–H groups in total. The lowest BCUT2D eigenvalue weighted by molar-refractivity contribution is -0.269. The van der Waals surface area contributed by atoms with Crippen molar-refractivity contribution in [2.45, 2.75) is 32.8 Å². The largest absolute Gasteiger partial charge is 0.482 e. The molecule has 0 aliphatic carbocycles. The summed E-state index contributed by atoms with van der Waals surface area (Å²) in [6, 6.07) is 6.80. The Morgan fingerprint density at radius 2 is 2.04 bits per heavy atom. The van der Waals surface area contributed by atoms with E-state index in [4.69, 9.17) is 18.8 Å². The molecule has 0 fully saturated rings. The monoisotopic (exact) mass is 370 g/mol. The first-order valence-corrected chi connectivity index (χ1v) is 8.67. The van der Waals surface area contributed by atoms with E-state index in [1.807, 2.05) is 32.1 Å². The molecular weight excluding hydrogens is 348 g/mol. The van der Waals surface area contributed by atoms with Crippen LogP contribution in [0.2, 0.25) is 0 Å². The number of benzene rings is 1. The molecular formula is C21H22O6. The summed E-state index contributed by atoms with van der Waals surface area (Å²) in [7, 11) is 0. The van der Waals surface area contributed by atoms with Crippen molar-refractivity contribution < 1.29 is 23.7 Å². The highest BCUT2D eigenvalue weighted by molar-refractivity contribution is 5.99. The van der Waals surface area contributed by atoms with E-state index in [9.17, 15) is 4.79 Å². The maximum absolute atomic E-state index is 11.6. The molecule has 3 rings (SSSR count). The zero-order valence-corrected chi connectivity index (χ0v) is 15.4. The molecule has 1 unspecified atom stereocenters. The summed E-state index contributed by atoms with van der Waals surface area (Å²) in [4.78, 5) is 16.0. The van der Waals surface area contributed by atoms with Gasteiger partial charge >= 0.3 is 5.63 Å². The van der Waals surface area contributed by atoms with E-state index in [0.29, 0.717) is 23.3 Å². The van der Waals surface area contributed by atoms with E-state index in [1.165, 1.54) is 6.07 Å². The summed E-state index contributed by atoms with van der Waals surface area (Å²) in [5.41, 5.74) is 2.31. The zero-order valence-electron chi connectivity index (χ0n) is 15.4. The smallest absolute Gasteiger partial charge is 0.336 e. The molecule has 0 aliphatic rings. The van der Waals surface area contributed by atoms with E-state index < -0.39 is 5.63 Å². The number of allylic oxidation sites excluding steroid dienone is 1. The van der Waals surface area contributed by atoms with Crippen molar-refractivity contribution in [1.29, 1.82) is 0 Å². The average molecular weight is 370 g/mol. The van der Waals surface area contributed by atoms with Crippen LogP contribution in [0.5, 0.6) is 5.75 Å². The lowest BCUT2D eigenvalue weighted by Crippen LogP contribution is -2.11. The van der Waals surface area contributed by atoms with E-state index >= 15 is 0 Å². The molecule has 1 atom stereocenters. The maximum atomic E-state index is 11.6. The van der Waals surface area contributed by atoms with Gasteiger partial charge in [-0.25, -0.2) is 9.68 Å². The highest BCUT2D eigenvalue weighted by Crippen LogP contribution is 2.35. The molecule has 0 saturated carbocycles. The molecule has 1 aromatic carbocycles. The highest BCUT2D eigenvalue weighted by Gasteiger charge is 2.14. The third kappa shape index (κ3) is 4.30. The molecule has 2 aromatic heterocycles. The zero-order chi connectivity index (χ0) is 19.4. The second-order valence-corrected chi connectivity index (χ2v) is 6.56. The van der Waals surface area contributed by atoms with Crippen LogP contribution in [0.3, 0.4) is 0 Å². The number of hydrogen-bond acceptors (Lipinski definition) is 6. The fourth-order valence-electron chi connectivity index (χ4n) is 2.85. The van der Waals surface area contributed by atoms with E-state index in [2.05, 4.69) is 11.5 Å². The molecule has 0 saturated heterocycles. The topological polar surface area (TPSA) is 82.0 Å². The van der Waals surface area contributed by atoms with Gasteiger partial charge in [0, 0.05) is 16.8 Å². The number of furan rings is 1. The molecule has 142 valence electrons. The summed E-state index contributed by atoms with van der Waals surface area (Å²) in [6.45, 7) is 7.86. The second kappa shape index (κ2) is 8.24. The molecule has 0 amide bonds. The SMILES string of the molecule is C=C(C)C(CCC(C)=CCOc1c2occc2cc2ccc(=O)oc12)OO. The van der Waals surface area contributed by atoms with Gasteiger partial charge in [-0.3, -0.25) is 5.26 Å². The average Bonchev–Trinajstić information content (AvgIpc) is 3.10. The predicted molar refractivity (Wildman–Crippen MR) is 103 cm³/mol. The molecule has 6 heteroatoms. The molecule has 0 radical (unpaired) electrons. The van der Waals surface area contributed by atoms with Crippen molar-refractivity contribution in [3.63, 3.8) is 0 Å². The standard InChI is InChI=1S/C21H22O6/c1-13(2)17(27-23)6-4-14(3)8-10-25-21-19-16(9-11-24-19)12-15-5-7-18(22)26-20(15)21/h5,7-9,11-12,17,23H,1,4,6,10H2,2-3H3. The number of hydrogen-bond donors (Lipinski definition) is 1. The van der Waals surface area contributed by atoms with Crippen LogP contribution < -0.4 is 10.4 Å². The van der Waals surface area contributed by atoms with Crippen LogP contribution >= 0.6 is 0 Å². The fourth-order valence-corrected chi connectivity index (χ4v) is 2.85. The van der Waals surface area contributed by atoms with Crippen molar-refractivity contribution in [3.8, 4) is 5.75 Å². The summed E-state index contributed by atoms with van der Waals surface area (Å²) in [5.74, 6) is 0.410. The minimum Gasteiger partial charge on any atom is -0.482 e. The summed E-state index contributed by atoms with van der Waals surface area (Å²) in [6.07, 6.45) is 4.47. The van der Waals surface area contributed by atoms with E-state index in [1.54, 1.807) is 12.3 Å².